The van der Waals surface area contributed by atoms with Crippen molar-refractivity contribution in [2.45, 2.75) is 25.9 Å². The number of benzene rings is 2. The lowest BCUT2D eigenvalue weighted by atomic mass is 9.96. The van der Waals surface area contributed by atoms with Crippen LogP contribution in [0.1, 0.15) is 34.8 Å². The van der Waals surface area contributed by atoms with Gasteiger partial charge in [-0.2, -0.15) is 0 Å². The summed E-state index contributed by atoms with van der Waals surface area (Å²) in [6.07, 6.45) is 1.42. The van der Waals surface area contributed by atoms with Crippen LogP contribution in [0.3, 0.4) is 0 Å². The Morgan fingerprint density at radius 2 is 1.90 bits per heavy atom. The number of rotatable bonds is 2. The lowest BCUT2D eigenvalue weighted by Gasteiger charge is -2.20. The molecule has 0 spiro atoms. The van der Waals surface area contributed by atoms with E-state index in [1.54, 1.807) is 0 Å². The van der Waals surface area contributed by atoms with Gasteiger partial charge in [-0.3, -0.25) is 0 Å². The second-order valence-electron chi connectivity index (χ2n) is 5.23. The van der Waals surface area contributed by atoms with E-state index in [4.69, 9.17) is 16.3 Å². The highest BCUT2D eigenvalue weighted by Gasteiger charge is 2.16. The summed E-state index contributed by atoms with van der Waals surface area (Å²) in [5.74, 6) is 0.944. The summed E-state index contributed by atoms with van der Waals surface area (Å²) >= 11 is 6.03. The standard InChI is InChI=1S/C17H17ClO2/c1-11-9-13(4-6-15(11)18)17(19)14-5-7-16-12(10-14)3-2-8-20-16/h4-7,9-10,17,19H,2-3,8H2,1H3. The van der Waals surface area contributed by atoms with Gasteiger partial charge in [-0.25, -0.2) is 0 Å². The second kappa shape index (κ2) is 5.47. The first-order valence-electron chi connectivity index (χ1n) is 6.85. The fourth-order valence-electron chi connectivity index (χ4n) is 2.58. The van der Waals surface area contributed by atoms with Crippen molar-refractivity contribution in [1.82, 2.24) is 0 Å². The molecule has 2 nitrogen and oxygen atoms in total. The van der Waals surface area contributed by atoms with Crippen LogP contribution >= 0.6 is 11.6 Å². The first kappa shape index (κ1) is 13.5. The van der Waals surface area contributed by atoms with E-state index in [0.717, 1.165) is 46.9 Å². The molecule has 0 bridgehead atoms. The minimum absolute atomic E-state index is 0.627. The van der Waals surface area contributed by atoms with Crippen LogP contribution in [0.5, 0.6) is 5.75 Å². The summed E-state index contributed by atoms with van der Waals surface area (Å²) in [5.41, 5.74) is 3.92. The Morgan fingerprint density at radius 1 is 1.15 bits per heavy atom. The lowest BCUT2D eigenvalue weighted by molar-refractivity contribution is 0.219. The van der Waals surface area contributed by atoms with Crippen molar-refractivity contribution < 1.29 is 9.84 Å². The van der Waals surface area contributed by atoms with Gasteiger partial charge in [0.2, 0.25) is 0 Å². The van der Waals surface area contributed by atoms with Gasteiger partial charge in [-0.15, -0.1) is 0 Å². The van der Waals surface area contributed by atoms with Crippen molar-refractivity contribution in [3.8, 4) is 5.75 Å². The molecule has 2 aromatic carbocycles. The number of aryl methyl sites for hydroxylation is 2. The SMILES string of the molecule is Cc1cc(C(O)c2ccc3c(c2)CCCO3)ccc1Cl. The van der Waals surface area contributed by atoms with Crippen molar-refractivity contribution in [2.24, 2.45) is 0 Å². The Morgan fingerprint density at radius 3 is 2.70 bits per heavy atom. The van der Waals surface area contributed by atoms with Crippen molar-refractivity contribution in [1.29, 1.82) is 0 Å². The van der Waals surface area contributed by atoms with Gasteiger partial charge in [0, 0.05) is 5.02 Å². The maximum absolute atomic E-state index is 10.5. The van der Waals surface area contributed by atoms with Crippen molar-refractivity contribution in [2.75, 3.05) is 6.61 Å². The lowest BCUT2D eigenvalue weighted by Crippen LogP contribution is -2.09. The number of fused-ring (bicyclic) bond motifs is 1. The number of ether oxygens (including phenoxy) is 1. The van der Waals surface area contributed by atoms with Crippen LogP contribution in [0.25, 0.3) is 0 Å². The van der Waals surface area contributed by atoms with Gasteiger partial charge in [-0.05, 0) is 60.2 Å². The Balaban J connectivity index is 1.93. The molecule has 0 saturated carbocycles. The number of aliphatic hydroxyl groups excluding tert-OH is 1. The summed E-state index contributed by atoms with van der Waals surface area (Å²) in [4.78, 5) is 0. The van der Waals surface area contributed by atoms with Crippen molar-refractivity contribution in [3.63, 3.8) is 0 Å². The van der Waals surface area contributed by atoms with Crippen LogP contribution in [0.15, 0.2) is 36.4 Å². The molecule has 3 heteroatoms. The van der Waals surface area contributed by atoms with Gasteiger partial charge in [-0.1, -0.05) is 29.8 Å². The maximum atomic E-state index is 10.5. The van der Waals surface area contributed by atoms with Gasteiger partial charge in [0.15, 0.2) is 0 Å². The molecule has 0 amide bonds. The second-order valence-corrected chi connectivity index (χ2v) is 5.64. The molecule has 1 aliphatic rings. The van der Waals surface area contributed by atoms with Gasteiger partial charge >= 0.3 is 0 Å². The first-order valence-corrected chi connectivity index (χ1v) is 7.22. The molecule has 1 atom stereocenters. The van der Waals surface area contributed by atoms with E-state index in [2.05, 4.69) is 0 Å². The Bertz CT molecular complexity index is 637. The summed E-state index contributed by atoms with van der Waals surface area (Å²) < 4.78 is 5.60. The summed E-state index contributed by atoms with van der Waals surface area (Å²) in [7, 11) is 0. The zero-order valence-electron chi connectivity index (χ0n) is 11.4. The van der Waals surface area contributed by atoms with E-state index in [1.807, 2.05) is 43.3 Å². The average molecular weight is 289 g/mol. The molecule has 1 N–H and O–H groups in total. The predicted molar refractivity (Wildman–Crippen MR) is 80.5 cm³/mol. The summed E-state index contributed by atoms with van der Waals surface area (Å²) in [5, 5.41) is 11.2. The molecule has 20 heavy (non-hydrogen) atoms. The maximum Gasteiger partial charge on any atom is 0.122 e. The summed E-state index contributed by atoms with van der Waals surface area (Å²) in [6.45, 7) is 2.73. The highest BCUT2D eigenvalue weighted by molar-refractivity contribution is 6.31. The zero-order chi connectivity index (χ0) is 14.1. The van der Waals surface area contributed by atoms with Crippen LogP contribution in [0.2, 0.25) is 5.02 Å². The molecule has 1 aliphatic heterocycles. The van der Waals surface area contributed by atoms with E-state index >= 15 is 0 Å². The van der Waals surface area contributed by atoms with E-state index in [0.29, 0.717) is 0 Å². The van der Waals surface area contributed by atoms with Crippen LogP contribution in [-0.4, -0.2) is 11.7 Å². The normalized spacial score (nSPS) is 15.3. The number of hydrogen-bond donors (Lipinski definition) is 1. The smallest absolute Gasteiger partial charge is 0.122 e. The Kier molecular flexibility index (Phi) is 3.68. The average Bonchev–Trinajstić information content (AvgIpc) is 2.49. The van der Waals surface area contributed by atoms with E-state index in [1.165, 1.54) is 5.56 Å². The molecule has 2 aromatic rings. The minimum Gasteiger partial charge on any atom is -0.493 e. The largest absolute Gasteiger partial charge is 0.493 e. The quantitative estimate of drug-likeness (QED) is 0.903. The molecule has 0 aliphatic carbocycles. The van der Waals surface area contributed by atoms with E-state index in [9.17, 15) is 5.11 Å². The number of halogens is 1. The number of hydrogen-bond acceptors (Lipinski definition) is 2. The third kappa shape index (κ3) is 2.54. The van der Waals surface area contributed by atoms with Crippen molar-refractivity contribution >= 4 is 11.6 Å². The van der Waals surface area contributed by atoms with Crippen LogP contribution in [0.4, 0.5) is 0 Å². The molecular weight excluding hydrogens is 272 g/mol. The molecule has 1 heterocycles. The van der Waals surface area contributed by atoms with Crippen LogP contribution < -0.4 is 4.74 Å². The molecule has 0 fully saturated rings. The highest BCUT2D eigenvalue weighted by atomic mass is 35.5. The minimum atomic E-state index is -0.627. The molecule has 0 aromatic heterocycles. The molecule has 0 radical (unpaired) electrons. The molecule has 3 rings (SSSR count). The fourth-order valence-corrected chi connectivity index (χ4v) is 2.70. The molecule has 104 valence electrons. The highest BCUT2D eigenvalue weighted by Crippen LogP contribution is 2.31. The van der Waals surface area contributed by atoms with E-state index in [-0.39, 0.29) is 0 Å². The monoisotopic (exact) mass is 288 g/mol. The number of aliphatic hydroxyl groups is 1. The first-order chi connectivity index (χ1) is 9.65. The van der Waals surface area contributed by atoms with Gasteiger partial charge in [0.1, 0.15) is 11.9 Å². The van der Waals surface area contributed by atoms with Gasteiger partial charge < -0.3 is 9.84 Å². The Hall–Kier alpha value is -1.51. The summed E-state index contributed by atoms with van der Waals surface area (Å²) in [6, 6.07) is 11.6. The fraction of sp³-hybridized carbons (Fsp3) is 0.294. The topological polar surface area (TPSA) is 29.5 Å². The van der Waals surface area contributed by atoms with E-state index < -0.39 is 6.10 Å². The predicted octanol–water partition coefficient (Wildman–Crippen LogP) is 4.06. The van der Waals surface area contributed by atoms with Gasteiger partial charge in [0.05, 0.1) is 6.61 Å². The Labute approximate surface area is 124 Å². The van der Waals surface area contributed by atoms with Crippen LogP contribution in [-0.2, 0) is 6.42 Å². The zero-order valence-corrected chi connectivity index (χ0v) is 12.2. The van der Waals surface area contributed by atoms with Crippen LogP contribution in [0, 0.1) is 6.92 Å². The van der Waals surface area contributed by atoms with Gasteiger partial charge in [0.25, 0.3) is 0 Å². The molecule has 1 unspecified atom stereocenters. The molecule has 0 saturated heterocycles. The molecular formula is C17H17ClO2. The third-order valence-electron chi connectivity index (χ3n) is 3.75. The van der Waals surface area contributed by atoms with Crippen molar-refractivity contribution in [3.05, 3.63) is 63.7 Å². The third-order valence-corrected chi connectivity index (χ3v) is 4.17.